The van der Waals surface area contributed by atoms with Crippen molar-refractivity contribution in [3.8, 4) is 0 Å². The highest BCUT2D eigenvalue weighted by Gasteiger charge is 2.08. The van der Waals surface area contributed by atoms with Crippen LogP contribution in [0.15, 0.2) is 47.4 Å². The Morgan fingerprint density at radius 2 is 2.04 bits per heavy atom. The maximum Gasteiger partial charge on any atom is 0.285 e. The number of unbranched alkanes of at least 4 members (excludes halogenated alkanes) is 1. The highest BCUT2D eigenvalue weighted by Crippen LogP contribution is 2.07. The number of benzene rings is 1. The minimum Gasteiger partial charge on any atom is -0.352 e. The van der Waals surface area contributed by atoms with Crippen LogP contribution in [-0.2, 0) is 6.54 Å². The van der Waals surface area contributed by atoms with Gasteiger partial charge in [0.05, 0.1) is 11.1 Å². The average molecular weight is 329 g/mol. The SMILES string of the molecule is Cc1cccc(C(=O)NCCCCn2cc([N+](=O)[O-])ccc2=O)c1. The molecule has 126 valence electrons. The van der Waals surface area contributed by atoms with Gasteiger partial charge in [-0.2, -0.15) is 0 Å². The maximum absolute atomic E-state index is 12.0. The number of nitro groups is 1. The fourth-order valence-corrected chi connectivity index (χ4v) is 2.30. The van der Waals surface area contributed by atoms with Crippen molar-refractivity contribution in [2.45, 2.75) is 26.3 Å². The van der Waals surface area contributed by atoms with Crippen LogP contribution in [0.2, 0.25) is 0 Å². The largest absolute Gasteiger partial charge is 0.352 e. The lowest BCUT2D eigenvalue weighted by Crippen LogP contribution is -2.25. The molecular formula is C17H19N3O4. The Bertz CT molecular complexity index is 798. The molecule has 2 aromatic rings. The summed E-state index contributed by atoms with van der Waals surface area (Å²) in [4.78, 5) is 33.8. The Hall–Kier alpha value is -2.96. The molecule has 7 nitrogen and oxygen atoms in total. The van der Waals surface area contributed by atoms with Crippen LogP contribution < -0.4 is 10.9 Å². The van der Waals surface area contributed by atoms with Crippen LogP contribution in [0.3, 0.4) is 0 Å². The van der Waals surface area contributed by atoms with Crippen molar-refractivity contribution < 1.29 is 9.72 Å². The zero-order chi connectivity index (χ0) is 17.5. The van der Waals surface area contributed by atoms with Crippen LogP contribution in [0.25, 0.3) is 0 Å². The highest BCUT2D eigenvalue weighted by atomic mass is 16.6. The van der Waals surface area contributed by atoms with Gasteiger partial charge in [-0.3, -0.25) is 19.7 Å². The number of nitrogens with zero attached hydrogens (tertiary/aromatic N) is 2. The molecule has 1 heterocycles. The molecule has 2 rings (SSSR count). The lowest BCUT2D eigenvalue weighted by molar-refractivity contribution is -0.385. The van der Waals surface area contributed by atoms with Crippen molar-refractivity contribution in [2.75, 3.05) is 6.54 Å². The van der Waals surface area contributed by atoms with Gasteiger partial charge in [-0.1, -0.05) is 17.7 Å². The molecule has 24 heavy (non-hydrogen) atoms. The molecule has 0 aliphatic rings. The third kappa shape index (κ3) is 4.77. The summed E-state index contributed by atoms with van der Waals surface area (Å²) in [6.45, 7) is 2.78. The zero-order valence-electron chi connectivity index (χ0n) is 13.4. The molecule has 1 aromatic carbocycles. The molecule has 0 radical (unpaired) electrons. The summed E-state index contributed by atoms with van der Waals surface area (Å²) in [5.41, 5.74) is 1.25. The summed E-state index contributed by atoms with van der Waals surface area (Å²) in [6.07, 6.45) is 2.55. The predicted molar refractivity (Wildman–Crippen MR) is 90.1 cm³/mol. The number of hydrogen-bond donors (Lipinski definition) is 1. The van der Waals surface area contributed by atoms with E-state index in [1.807, 2.05) is 25.1 Å². The third-order valence-electron chi connectivity index (χ3n) is 3.57. The Labute approximate surface area is 139 Å². The summed E-state index contributed by atoms with van der Waals surface area (Å²) in [6, 6.07) is 9.72. The molecular weight excluding hydrogens is 310 g/mol. The van der Waals surface area contributed by atoms with E-state index in [-0.39, 0.29) is 17.2 Å². The van der Waals surface area contributed by atoms with Crippen LogP contribution in [0.5, 0.6) is 0 Å². The van der Waals surface area contributed by atoms with E-state index in [0.29, 0.717) is 31.5 Å². The van der Waals surface area contributed by atoms with E-state index >= 15 is 0 Å². The second-order valence-corrected chi connectivity index (χ2v) is 5.51. The van der Waals surface area contributed by atoms with Crippen LogP contribution in [-0.4, -0.2) is 21.9 Å². The predicted octanol–water partition coefficient (Wildman–Crippen LogP) is 2.28. The molecule has 7 heteroatoms. The van der Waals surface area contributed by atoms with Crippen LogP contribution >= 0.6 is 0 Å². The minimum atomic E-state index is -0.530. The Kier molecular flexibility index (Phi) is 5.83. The molecule has 1 amide bonds. The van der Waals surface area contributed by atoms with Gasteiger partial charge >= 0.3 is 0 Å². The Balaban J connectivity index is 1.79. The van der Waals surface area contributed by atoms with E-state index < -0.39 is 4.92 Å². The second kappa shape index (κ2) is 8.05. The van der Waals surface area contributed by atoms with E-state index in [4.69, 9.17) is 0 Å². The lowest BCUT2D eigenvalue weighted by atomic mass is 10.1. The van der Waals surface area contributed by atoms with E-state index in [9.17, 15) is 19.7 Å². The Morgan fingerprint density at radius 1 is 1.25 bits per heavy atom. The van der Waals surface area contributed by atoms with Crippen LogP contribution in [0.1, 0.15) is 28.8 Å². The molecule has 0 saturated heterocycles. The first kappa shape index (κ1) is 17.4. The smallest absolute Gasteiger partial charge is 0.285 e. The number of aromatic nitrogens is 1. The van der Waals surface area contributed by atoms with Crippen molar-refractivity contribution in [1.82, 2.24) is 9.88 Å². The molecule has 0 aliphatic heterocycles. The Morgan fingerprint density at radius 3 is 2.75 bits per heavy atom. The molecule has 0 unspecified atom stereocenters. The van der Waals surface area contributed by atoms with E-state index in [2.05, 4.69) is 5.32 Å². The van der Waals surface area contributed by atoms with Crippen molar-refractivity contribution in [2.24, 2.45) is 0 Å². The number of carbonyl (C=O) groups is 1. The molecule has 0 bridgehead atoms. The number of aryl methyl sites for hydroxylation is 2. The van der Waals surface area contributed by atoms with Crippen molar-refractivity contribution >= 4 is 11.6 Å². The molecule has 0 atom stereocenters. The van der Waals surface area contributed by atoms with Crippen LogP contribution in [0.4, 0.5) is 5.69 Å². The minimum absolute atomic E-state index is 0.109. The number of rotatable bonds is 7. The molecule has 0 spiro atoms. The van der Waals surface area contributed by atoms with Gasteiger partial charge in [0, 0.05) is 30.8 Å². The van der Waals surface area contributed by atoms with Gasteiger partial charge in [0.1, 0.15) is 0 Å². The normalized spacial score (nSPS) is 10.4. The van der Waals surface area contributed by atoms with Crippen molar-refractivity contribution in [3.05, 3.63) is 74.2 Å². The summed E-state index contributed by atoms with van der Waals surface area (Å²) in [5, 5.41) is 13.5. The van der Waals surface area contributed by atoms with Gasteiger partial charge in [-0.25, -0.2) is 0 Å². The summed E-state index contributed by atoms with van der Waals surface area (Å²) >= 11 is 0. The molecule has 0 aliphatic carbocycles. The number of nitrogens with one attached hydrogen (secondary N) is 1. The standard InChI is InChI=1S/C17H19N3O4/c1-13-5-4-6-14(11-13)17(22)18-9-2-3-10-19-12-15(20(23)24)7-8-16(19)21/h4-8,11-12H,2-3,9-10H2,1H3,(H,18,22). The van der Waals surface area contributed by atoms with E-state index in [1.54, 1.807) is 6.07 Å². The molecule has 1 aromatic heterocycles. The quantitative estimate of drug-likeness (QED) is 0.479. The van der Waals surface area contributed by atoms with Gasteiger partial charge in [-0.15, -0.1) is 0 Å². The highest BCUT2D eigenvalue weighted by molar-refractivity contribution is 5.94. The van der Waals surface area contributed by atoms with Crippen molar-refractivity contribution in [3.63, 3.8) is 0 Å². The number of carbonyl (C=O) groups excluding carboxylic acids is 1. The first-order valence-corrected chi connectivity index (χ1v) is 7.67. The van der Waals surface area contributed by atoms with Gasteiger partial charge in [0.2, 0.25) is 0 Å². The van der Waals surface area contributed by atoms with Crippen molar-refractivity contribution in [1.29, 1.82) is 0 Å². The maximum atomic E-state index is 12.0. The van der Waals surface area contributed by atoms with E-state index in [0.717, 1.165) is 5.56 Å². The lowest BCUT2D eigenvalue weighted by Gasteiger charge is -2.07. The number of hydrogen-bond acceptors (Lipinski definition) is 4. The second-order valence-electron chi connectivity index (χ2n) is 5.51. The van der Waals surface area contributed by atoms with E-state index in [1.165, 1.54) is 22.9 Å². The zero-order valence-corrected chi connectivity index (χ0v) is 13.4. The molecule has 0 fully saturated rings. The fourth-order valence-electron chi connectivity index (χ4n) is 2.30. The topological polar surface area (TPSA) is 94.2 Å². The van der Waals surface area contributed by atoms with Gasteiger partial charge in [-0.05, 0) is 31.9 Å². The average Bonchev–Trinajstić information content (AvgIpc) is 2.55. The summed E-state index contributed by atoms with van der Waals surface area (Å²) in [5.74, 6) is -0.133. The molecule has 0 saturated carbocycles. The monoisotopic (exact) mass is 329 g/mol. The van der Waals surface area contributed by atoms with Crippen LogP contribution in [0, 0.1) is 17.0 Å². The number of pyridine rings is 1. The first-order valence-electron chi connectivity index (χ1n) is 7.67. The third-order valence-corrected chi connectivity index (χ3v) is 3.57. The van der Waals surface area contributed by atoms with Gasteiger partial charge < -0.3 is 9.88 Å². The molecule has 1 N–H and O–H groups in total. The summed E-state index contributed by atoms with van der Waals surface area (Å²) < 4.78 is 1.32. The fraction of sp³-hybridized carbons (Fsp3) is 0.294. The number of amides is 1. The van der Waals surface area contributed by atoms with Gasteiger partial charge in [0.15, 0.2) is 0 Å². The first-order chi connectivity index (χ1) is 11.5. The summed E-state index contributed by atoms with van der Waals surface area (Å²) in [7, 11) is 0. The van der Waals surface area contributed by atoms with Gasteiger partial charge in [0.25, 0.3) is 17.2 Å².